The molecule has 12 aromatic rings. The highest BCUT2D eigenvalue weighted by Crippen LogP contribution is 2.39. The van der Waals surface area contributed by atoms with Crippen molar-refractivity contribution in [3.63, 3.8) is 0 Å². The van der Waals surface area contributed by atoms with Crippen LogP contribution in [0, 0.1) is 0 Å². The largest absolute Gasteiger partial charge is 0.435 e. The maximum Gasteiger partial charge on any atom is 0.227 e. The summed E-state index contributed by atoms with van der Waals surface area (Å²) in [5, 5.41) is 11.6. The van der Waals surface area contributed by atoms with Gasteiger partial charge in [-0.3, -0.25) is 0 Å². The zero-order valence-corrected chi connectivity index (χ0v) is 31.7. The van der Waals surface area contributed by atoms with E-state index < -0.39 is 0 Å². The number of hydrogen-bond acceptors (Lipinski definition) is 5. The van der Waals surface area contributed by atoms with E-state index >= 15 is 0 Å². The average molecular weight is 753 g/mol. The average Bonchev–Trinajstić information content (AvgIpc) is 3.76. The van der Waals surface area contributed by atoms with E-state index in [2.05, 4.69) is 158 Å². The van der Waals surface area contributed by atoms with Crippen LogP contribution in [-0.2, 0) is 0 Å². The standard InChI is InChI=1S/C54H32N4O/c1-2-13-37(14-3-1)54-55-48-31-29-35-16-11-22-40(49(35)50(48)59-54)34-24-26-36(27-25-34)51-56-52(58-53(57-51)46-23-10-15-33-12-4-5-17-39(33)46)38-28-30-45-43-20-7-6-18-41(43)42-19-8-9-21-44(42)47(45)32-38/h1-32H. The summed E-state index contributed by atoms with van der Waals surface area (Å²) in [5.41, 5.74) is 7.47. The van der Waals surface area contributed by atoms with Crippen LogP contribution in [0.2, 0.25) is 0 Å². The van der Waals surface area contributed by atoms with Crippen LogP contribution in [-0.4, -0.2) is 19.9 Å². The van der Waals surface area contributed by atoms with Crippen molar-refractivity contribution in [2.45, 2.75) is 0 Å². The number of aromatic nitrogens is 4. The quantitative estimate of drug-likeness (QED) is 0.164. The third-order valence-electron chi connectivity index (χ3n) is 11.5. The predicted molar refractivity (Wildman–Crippen MR) is 242 cm³/mol. The molecule has 0 aliphatic heterocycles. The second-order valence-corrected chi connectivity index (χ2v) is 15.0. The van der Waals surface area contributed by atoms with E-state index in [1.165, 1.54) is 32.3 Å². The molecule has 0 spiro atoms. The molecule has 59 heavy (non-hydrogen) atoms. The molecule has 0 amide bonds. The van der Waals surface area contributed by atoms with E-state index in [4.69, 9.17) is 24.4 Å². The predicted octanol–water partition coefficient (Wildman–Crippen LogP) is 14.1. The Balaban J connectivity index is 1.02. The first-order chi connectivity index (χ1) is 29.2. The number of benzene rings is 10. The second-order valence-electron chi connectivity index (χ2n) is 15.0. The molecule has 0 atom stereocenters. The molecule has 0 unspecified atom stereocenters. The first-order valence-electron chi connectivity index (χ1n) is 19.8. The first-order valence-corrected chi connectivity index (χ1v) is 19.8. The maximum atomic E-state index is 6.50. The monoisotopic (exact) mass is 752 g/mol. The van der Waals surface area contributed by atoms with Crippen molar-refractivity contribution < 1.29 is 4.42 Å². The van der Waals surface area contributed by atoms with Gasteiger partial charge in [0.05, 0.1) is 0 Å². The Morgan fingerprint density at radius 3 is 1.59 bits per heavy atom. The summed E-state index contributed by atoms with van der Waals surface area (Å²) < 4.78 is 6.50. The third-order valence-corrected chi connectivity index (χ3v) is 11.5. The molecule has 2 aromatic heterocycles. The fourth-order valence-corrected chi connectivity index (χ4v) is 8.72. The van der Waals surface area contributed by atoms with Crippen LogP contribution in [0.5, 0.6) is 0 Å². The van der Waals surface area contributed by atoms with Gasteiger partial charge in [0.1, 0.15) is 5.52 Å². The number of nitrogens with zero attached hydrogens (tertiary/aromatic N) is 4. The molecule has 0 bridgehead atoms. The van der Waals surface area contributed by atoms with Gasteiger partial charge in [-0.15, -0.1) is 0 Å². The Bertz CT molecular complexity index is 3570. The van der Waals surface area contributed by atoms with Crippen LogP contribution < -0.4 is 0 Å². The van der Waals surface area contributed by atoms with Crippen molar-refractivity contribution >= 4 is 65.0 Å². The van der Waals surface area contributed by atoms with Crippen LogP contribution in [0.3, 0.4) is 0 Å². The lowest BCUT2D eigenvalue weighted by Gasteiger charge is -2.13. The van der Waals surface area contributed by atoms with Crippen molar-refractivity contribution in [3.05, 3.63) is 194 Å². The smallest absolute Gasteiger partial charge is 0.227 e. The number of oxazole rings is 1. The van der Waals surface area contributed by atoms with Gasteiger partial charge in [-0.05, 0) is 83.9 Å². The van der Waals surface area contributed by atoms with Gasteiger partial charge in [0.2, 0.25) is 5.89 Å². The Hall–Kier alpha value is -8.02. The number of rotatable bonds is 5. The third kappa shape index (κ3) is 5.47. The molecule has 5 heteroatoms. The normalized spacial score (nSPS) is 11.7. The molecule has 0 saturated carbocycles. The summed E-state index contributed by atoms with van der Waals surface area (Å²) in [4.78, 5) is 20.5. The van der Waals surface area contributed by atoms with Crippen molar-refractivity contribution in [1.82, 2.24) is 19.9 Å². The molecule has 10 aromatic carbocycles. The van der Waals surface area contributed by atoms with Crippen molar-refractivity contribution in [1.29, 1.82) is 0 Å². The molecule has 2 heterocycles. The lowest BCUT2D eigenvalue weighted by Crippen LogP contribution is -2.00. The minimum Gasteiger partial charge on any atom is -0.435 e. The molecule has 0 radical (unpaired) electrons. The zero-order chi connectivity index (χ0) is 38.9. The van der Waals surface area contributed by atoms with Crippen molar-refractivity contribution in [2.75, 3.05) is 0 Å². The zero-order valence-electron chi connectivity index (χ0n) is 31.7. The van der Waals surface area contributed by atoms with Crippen molar-refractivity contribution in [2.24, 2.45) is 0 Å². The second kappa shape index (κ2) is 13.3. The summed E-state index contributed by atoms with van der Waals surface area (Å²) >= 11 is 0. The van der Waals surface area contributed by atoms with E-state index in [9.17, 15) is 0 Å². The van der Waals surface area contributed by atoms with Crippen molar-refractivity contribution in [3.8, 4) is 56.7 Å². The van der Waals surface area contributed by atoms with Gasteiger partial charge in [0.15, 0.2) is 23.1 Å². The van der Waals surface area contributed by atoms with Crippen LogP contribution in [0.4, 0.5) is 0 Å². The number of hydrogen-bond donors (Lipinski definition) is 0. The molecule has 0 aliphatic rings. The molecule has 12 rings (SSSR count). The fraction of sp³-hybridized carbons (Fsp3) is 0. The highest BCUT2D eigenvalue weighted by molar-refractivity contribution is 6.25. The first kappa shape index (κ1) is 33.2. The Kier molecular flexibility index (Phi) is 7.47. The summed E-state index contributed by atoms with van der Waals surface area (Å²) in [7, 11) is 0. The lowest BCUT2D eigenvalue weighted by molar-refractivity contribution is 0.623. The highest BCUT2D eigenvalue weighted by Gasteiger charge is 2.18. The van der Waals surface area contributed by atoms with Crippen LogP contribution in [0.1, 0.15) is 0 Å². The van der Waals surface area contributed by atoms with E-state index in [0.717, 1.165) is 66.0 Å². The molecular weight excluding hydrogens is 721 g/mol. The molecule has 0 N–H and O–H groups in total. The molecule has 274 valence electrons. The van der Waals surface area contributed by atoms with Gasteiger partial charge in [0, 0.05) is 27.6 Å². The molecular formula is C54H32N4O. The van der Waals surface area contributed by atoms with E-state index in [-0.39, 0.29) is 0 Å². The fourth-order valence-electron chi connectivity index (χ4n) is 8.72. The van der Waals surface area contributed by atoms with Gasteiger partial charge >= 0.3 is 0 Å². The Morgan fingerprint density at radius 1 is 0.305 bits per heavy atom. The SMILES string of the molecule is c1ccc(-c2nc3ccc4cccc(-c5ccc(-c6nc(-c7ccc8c9ccccc9c9ccccc9c8c7)nc(-c7cccc8ccccc78)n6)cc5)c4c3o2)cc1. The minimum atomic E-state index is 0.607. The van der Waals surface area contributed by atoms with E-state index in [1.807, 2.05) is 36.4 Å². The molecule has 0 aliphatic carbocycles. The maximum absolute atomic E-state index is 6.50. The molecule has 0 fully saturated rings. The van der Waals surface area contributed by atoms with Gasteiger partial charge in [0.25, 0.3) is 0 Å². The highest BCUT2D eigenvalue weighted by atomic mass is 16.3. The Morgan fingerprint density at radius 2 is 0.847 bits per heavy atom. The lowest BCUT2D eigenvalue weighted by atomic mass is 9.93. The summed E-state index contributed by atoms with van der Waals surface area (Å²) in [6.45, 7) is 0. The Labute approximate surface area is 338 Å². The minimum absolute atomic E-state index is 0.607. The molecule has 5 nitrogen and oxygen atoms in total. The van der Waals surface area contributed by atoms with E-state index in [0.29, 0.717) is 23.4 Å². The topological polar surface area (TPSA) is 64.7 Å². The number of fused-ring (bicyclic) bond motifs is 10. The van der Waals surface area contributed by atoms with Gasteiger partial charge < -0.3 is 4.42 Å². The molecule has 0 saturated heterocycles. The summed E-state index contributed by atoms with van der Waals surface area (Å²) in [5.74, 6) is 2.47. The van der Waals surface area contributed by atoms with Crippen LogP contribution >= 0.6 is 0 Å². The van der Waals surface area contributed by atoms with Gasteiger partial charge in [-0.2, -0.15) is 0 Å². The summed E-state index contributed by atoms with van der Waals surface area (Å²) in [6, 6.07) is 67.6. The van der Waals surface area contributed by atoms with E-state index in [1.54, 1.807) is 0 Å². The summed E-state index contributed by atoms with van der Waals surface area (Å²) in [6.07, 6.45) is 0. The van der Waals surface area contributed by atoms with Gasteiger partial charge in [-0.1, -0.05) is 170 Å². The van der Waals surface area contributed by atoms with Crippen LogP contribution in [0.15, 0.2) is 199 Å². The van der Waals surface area contributed by atoms with Gasteiger partial charge in [-0.25, -0.2) is 19.9 Å². The van der Waals surface area contributed by atoms with Crippen LogP contribution in [0.25, 0.3) is 122 Å².